The number of benzene rings is 2. The molecule has 0 spiro atoms. The number of alkyl halides is 3. The van der Waals surface area contributed by atoms with Crippen LogP contribution in [-0.2, 0) is 38.6 Å². The highest BCUT2D eigenvalue weighted by Crippen LogP contribution is 2.31. The lowest BCUT2D eigenvalue weighted by Gasteiger charge is -2.25. The highest BCUT2D eigenvalue weighted by atomic mass is 32.2. The molecule has 1 aliphatic carbocycles. The summed E-state index contributed by atoms with van der Waals surface area (Å²) >= 11 is 0. The third-order valence-corrected chi connectivity index (χ3v) is 7.38. The number of sulfonamides is 1. The van der Waals surface area contributed by atoms with E-state index in [2.05, 4.69) is 9.62 Å². The number of hydrogen-bond acceptors (Lipinski definition) is 5. The van der Waals surface area contributed by atoms with Crippen molar-refractivity contribution >= 4 is 21.5 Å². The highest BCUT2D eigenvalue weighted by Gasteiger charge is 2.31. The number of rotatable bonds is 8. The molecule has 0 aromatic heterocycles. The molecule has 1 saturated heterocycles. The van der Waals surface area contributed by atoms with Crippen molar-refractivity contribution < 1.29 is 31.1 Å². The van der Waals surface area contributed by atoms with Crippen molar-refractivity contribution in [2.75, 3.05) is 31.2 Å². The van der Waals surface area contributed by atoms with Crippen molar-refractivity contribution in [2.45, 2.75) is 49.2 Å². The summed E-state index contributed by atoms with van der Waals surface area (Å²) in [5, 5.41) is 0. The number of Topliss-reactive ketones (excluding diaryl/α,β-unsaturated/α-hetero) is 1. The van der Waals surface area contributed by atoms with E-state index >= 15 is 0 Å². The second kappa shape index (κ2) is 10.1. The quantitative estimate of drug-likeness (QED) is 0.603. The molecule has 184 valence electrons. The second-order valence-corrected chi connectivity index (χ2v) is 10.4. The summed E-state index contributed by atoms with van der Waals surface area (Å²) in [4.78, 5) is 15.0. The van der Waals surface area contributed by atoms with Gasteiger partial charge in [-0.3, -0.25) is 4.79 Å². The van der Waals surface area contributed by atoms with Gasteiger partial charge < -0.3 is 9.64 Å². The van der Waals surface area contributed by atoms with Crippen LogP contribution < -0.4 is 9.62 Å². The SMILES string of the molecule is O=C(Cc1cccc(C(F)(F)F)c1)Cc1cc(S(=O)(=O)NC2CC2)ccc1N1CCCOCC1. The molecule has 1 saturated carbocycles. The van der Waals surface area contributed by atoms with Crippen molar-refractivity contribution in [3.8, 4) is 0 Å². The molecule has 1 aliphatic heterocycles. The Hall–Kier alpha value is -2.43. The maximum atomic E-state index is 13.0. The average molecular weight is 497 g/mol. The van der Waals surface area contributed by atoms with Crippen LogP contribution in [0.2, 0.25) is 0 Å². The minimum absolute atomic E-state index is 0.0570. The number of nitrogens with one attached hydrogen (secondary N) is 1. The summed E-state index contributed by atoms with van der Waals surface area (Å²) in [5.41, 5.74) is 0.747. The van der Waals surface area contributed by atoms with E-state index in [-0.39, 0.29) is 35.1 Å². The maximum Gasteiger partial charge on any atom is 0.416 e. The van der Waals surface area contributed by atoms with Gasteiger partial charge in [0.25, 0.3) is 0 Å². The fraction of sp³-hybridized carbons (Fsp3) is 0.458. The lowest BCUT2D eigenvalue weighted by molar-refractivity contribution is -0.137. The van der Waals surface area contributed by atoms with Crippen molar-refractivity contribution in [3.63, 3.8) is 0 Å². The molecule has 0 unspecified atom stereocenters. The molecular formula is C24H27F3N2O4S. The zero-order valence-electron chi connectivity index (χ0n) is 18.6. The van der Waals surface area contributed by atoms with Crippen molar-refractivity contribution in [3.05, 3.63) is 59.2 Å². The number of carbonyl (C=O) groups is 1. The highest BCUT2D eigenvalue weighted by molar-refractivity contribution is 7.89. The Labute approximate surface area is 197 Å². The van der Waals surface area contributed by atoms with E-state index in [4.69, 9.17) is 4.74 Å². The average Bonchev–Trinajstić information content (AvgIpc) is 3.60. The molecule has 34 heavy (non-hydrogen) atoms. The number of nitrogens with zero attached hydrogens (tertiary/aromatic N) is 1. The zero-order valence-corrected chi connectivity index (χ0v) is 19.4. The van der Waals surface area contributed by atoms with Gasteiger partial charge in [0.15, 0.2) is 0 Å². The normalized spacial score (nSPS) is 17.4. The van der Waals surface area contributed by atoms with Gasteiger partial charge in [-0.15, -0.1) is 0 Å². The van der Waals surface area contributed by atoms with Crippen LogP contribution >= 0.6 is 0 Å². The molecule has 0 radical (unpaired) electrons. The molecule has 6 nitrogen and oxygen atoms in total. The largest absolute Gasteiger partial charge is 0.416 e. The molecule has 2 aromatic carbocycles. The Morgan fingerprint density at radius 1 is 1.06 bits per heavy atom. The summed E-state index contributed by atoms with van der Waals surface area (Å²) in [6.45, 7) is 2.43. The lowest BCUT2D eigenvalue weighted by Crippen LogP contribution is -2.29. The molecule has 2 fully saturated rings. The molecule has 1 heterocycles. The Bertz CT molecular complexity index is 1140. The maximum absolute atomic E-state index is 13.0. The predicted molar refractivity (Wildman–Crippen MR) is 121 cm³/mol. The molecule has 2 aromatic rings. The smallest absolute Gasteiger partial charge is 0.380 e. The first-order valence-corrected chi connectivity index (χ1v) is 12.8. The van der Waals surface area contributed by atoms with Gasteiger partial charge >= 0.3 is 6.18 Å². The van der Waals surface area contributed by atoms with Crippen LogP contribution in [0.15, 0.2) is 47.4 Å². The van der Waals surface area contributed by atoms with Gasteiger partial charge in [-0.05, 0) is 54.7 Å². The van der Waals surface area contributed by atoms with Crippen LogP contribution in [-0.4, -0.2) is 46.5 Å². The lowest BCUT2D eigenvalue weighted by atomic mass is 9.99. The molecule has 0 bridgehead atoms. The summed E-state index contributed by atoms with van der Waals surface area (Å²) in [6, 6.07) is 9.41. The number of carbonyl (C=O) groups excluding carboxylic acids is 1. The van der Waals surface area contributed by atoms with Gasteiger partial charge in [0.2, 0.25) is 10.0 Å². The molecule has 0 atom stereocenters. The summed E-state index contributed by atoms with van der Waals surface area (Å²) in [7, 11) is -3.72. The van der Waals surface area contributed by atoms with E-state index in [1.54, 1.807) is 6.07 Å². The van der Waals surface area contributed by atoms with Crippen LogP contribution in [0, 0.1) is 0 Å². The summed E-state index contributed by atoms with van der Waals surface area (Å²) in [6.07, 6.45) is -2.36. The molecule has 0 amide bonds. The first kappa shape index (κ1) is 24.7. The van der Waals surface area contributed by atoms with Gasteiger partial charge in [-0.1, -0.05) is 18.2 Å². The minimum Gasteiger partial charge on any atom is -0.380 e. The summed E-state index contributed by atoms with van der Waals surface area (Å²) < 4.78 is 72.7. The Kier molecular flexibility index (Phi) is 7.30. The van der Waals surface area contributed by atoms with E-state index in [1.807, 2.05) is 0 Å². The predicted octanol–water partition coefficient (Wildman–Crippen LogP) is 3.73. The Morgan fingerprint density at radius 3 is 2.59 bits per heavy atom. The third kappa shape index (κ3) is 6.37. The Morgan fingerprint density at radius 2 is 1.85 bits per heavy atom. The topological polar surface area (TPSA) is 75.7 Å². The second-order valence-electron chi connectivity index (χ2n) is 8.73. The molecule has 2 aliphatic rings. The number of halogens is 3. The van der Waals surface area contributed by atoms with Crippen LogP contribution in [0.5, 0.6) is 0 Å². The van der Waals surface area contributed by atoms with Crippen LogP contribution in [0.4, 0.5) is 18.9 Å². The van der Waals surface area contributed by atoms with Crippen molar-refractivity contribution in [2.24, 2.45) is 0 Å². The van der Waals surface area contributed by atoms with Gasteiger partial charge in [-0.2, -0.15) is 13.2 Å². The van der Waals surface area contributed by atoms with E-state index in [0.717, 1.165) is 37.1 Å². The van der Waals surface area contributed by atoms with E-state index < -0.39 is 21.8 Å². The van der Waals surface area contributed by atoms with Gasteiger partial charge in [0, 0.05) is 44.3 Å². The van der Waals surface area contributed by atoms with Crippen LogP contribution in [0.3, 0.4) is 0 Å². The summed E-state index contributed by atoms with van der Waals surface area (Å²) in [5.74, 6) is -0.295. The van der Waals surface area contributed by atoms with Crippen LogP contribution in [0.25, 0.3) is 0 Å². The van der Waals surface area contributed by atoms with Crippen molar-refractivity contribution in [1.29, 1.82) is 0 Å². The van der Waals surface area contributed by atoms with Gasteiger partial charge in [0.05, 0.1) is 17.1 Å². The fourth-order valence-electron chi connectivity index (χ4n) is 4.01. The molecule has 4 rings (SSSR count). The Balaban J connectivity index is 1.59. The first-order valence-electron chi connectivity index (χ1n) is 11.3. The van der Waals surface area contributed by atoms with E-state index in [0.29, 0.717) is 31.9 Å². The fourth-order valence-corrected chi connectivity index (χ4v) is 5.37. The number of hydrogen-bond donors (Lipinski definition) is 1. The number of ketones is 1. The molecule has 10 heteroatoms. The van der Waals surface area contributed by atoms with Gasteiger partial charge in [-0.25, -0.2) is 13.1 Å². The standard InChI is InChI=1S/C24H27F3N2O4S/c25-24(26,27)19-4-1-3-17(13-19)14-21(30)15-18-16-22(34(31,32)28-20-5-6-20)7-8-23(18)29-9-2-11-33-12-10-29/h1,3-4,7-8,13,16,20,28H,2,5-6,9-12,14-15H2. The van der Waals surface area contributed by atoms with E-state index in [1.165, 1.54) is 24.3 Å². The van der Waals surface area contributed by atoms with E-state index in [9.17, 15) is 26.4 Å². The van der Waals surface area contributed by atoms with Crippen molar-refractivity contribution in [1.82, 2.24) is 4.72 Å². The molecular weight excluding hydrogens is 469 g/mol. The third-order valence-electron chi connectivity index (χ3n) is 5.87. The first-order chi connectivity index (χ1) is 16.1. The zero-order chi connectivity index (χ0) is 24.3. The minimum atomic E-state index is -4.49. The number of ether oxygens (including phenoxy) is 1. The van der Waals surface area contributed by atoms with Gasteiger partial charge in [0.1, 0.15) is 5.78 Å². The number of anilines is 1. The monoisotopic (exact) mass is 496 g/mol. The van der Waals surface area contributed by atoms with Crippen LogP contribution in [0.1, 0.15) is 36.0 Å². The molecule has 1 N–H and O–H groups in total.